The lowest BCUT2D eigenvalue weighted by Crippen LogP contribution is -2.58. The average Bonchev–Trinajstić information content (AvgIpc) is 2.86. The summed E-state index contributed by atoms with van der Waals surface area (Å²) in [5, 5.41) is 31.7. The quantitative estimate of drug-likeness (QED) is 0.679. The summed E-state index contributed by atoms with van der Waals surface area (Å²) in [7, 11) is 0. The Morgan fingerprint density at radius 3 is 2.50 bits per heavy atom. The average molecular weight is 335 g/mol. The van der Waals surface area contributed by atoms with Crippen molar-refractivity contribution in [3.63, 3.8) is 0 Å². The highest BCUT2D eigenvalue weighted by molar-refractivity contribution is 5.19. The van der Waals surface area contributed by atoms with Crippen LogP contribution in [0.15, 0.2) is 12.7 Å². The van der Waals surface area contributed by atoms with E-state index in [-0.39, 0.29) is 23.5 Å². The zero-order chi connectivity index (χ0) is 17.2. The van der Waals surface area contributed by atoms with E-state index in [1.807, 2.05) is 0 Å². The molecule has 4 aliphatic carbocycles. The molecule has 0 heterocycles. The van der Waals surface area contributed by atoms with Crippen LogP contribution in [0.4, 0.5) is 0 Å². The van der Waals surface area contributed by atoms with Crippen LogP contribution in [0.2, 0.25) is 0 Å². The van der Waals surface area contributed by atoms with Crippen LogP contribution in [0.3, 0.4) is 0 Å². The maximum atomic E-state index is 11.1. The van der Waals surface area contributed by atoms with Crippen LogP contribution in [0, 0.1) is 34.5 Å². The number of aliphatic hydroxyl groups excluding tert-OH is 2. The minimum Gasteiger partial charge on any atom is -0.396 e. The fraction of sp³-hybridized carbons (Fsp3) is 0.905. The van der Waals surface area contributed by atoms with Crippen molar-refractivity contribution >= 4 is 0 Å². The molecule has 0 aliphatic heterocycles. The van der Waals surface area contributed by atoms with Gasteiger partial charge in [-0.3, -0.25) is 0 Å². The van der Waals surface area contributed by atoms with E-state index in [0.29, 0.717) is 23.7 Å². The van der Waals surface area contributed by atoms with Crippen LogP contribution in [-0.2, 0) is 0 Å². The summed E-state index contributed by atoms with van der Waals surface area (Å²) in [4.78, 5) is 0. The summed E-state index contributed by atoms with van der Waals surface area (Å²) in [6, 6.07) is 0. The molecule has 0 spiro atoms. The first-order valence-corrected chi connectivity index (χ1v) is 10.0. The Labute approximate surface area is 146 Å². The molecule has 4 fully saturated rings. The molecule has 0 aromatic rings. The van der Waals surface area contributed by atoms with Gasteiger partial charge in [0.05, 0.1) is 11.7 Å². The van der Waals surface area contributed by atoms with Crippen LogP contribution in [-0.4, -0.2) is 33.6 Å². The molecule has 4 saturated carbocycles. The van der Waals surface area contributed by atoms with Crippen molar-refractivity contribution in [2.75, 3.05) is 6.61 Å². The summed E-state index contributed by atoms with van der Waals surface area (Å²) in [6.07, 6.45) is 10.8. The summed E-state index contributed by atoms with van der Waals surface area (Å²) in [6.45, 7) is 6.50. The summed E-state index contributed by atoms with van der Waals surface area (Å²) < 4.78 is 0. The Balaban J connectivity index is 1.67. The largest absolute Gasteiger partial charge is 0.396 e. The Hall–Kier alpha value is -0.380. The van der Waals surface area contributed by atoms with Crippen molar-refractivity contribution in [3.8, 4) is 0 Å². The van der Waals surface area contributed by atoms with Crippen molar-refractivity contribution in [1.82, 2.24) is 0 Å². The first kappa shape index (κ1) is 17.1. The van der Waals surface area contributed by atoms with E-state index in [2.05, 4.69) is 13.5 Å². The Morgan fingerprint density at radius 1 is 1.04 bits per heavy atom. The van der Waals surface area contributed by atoms with E-state index < -0.39 is 5.60 Å². The van der Waals surface area contributed by atoms with Crippen molar-refractivity contribution in [2.45, 2.75) is 76.4 Å². The van der Waals surface area contributed by atoms with Crippen LogP contribution in [0.5, 0.6) is 0 Å². The van der Waals surface area contributed by atoms with Gasteiger partial charge in [-0.2, -0.15) is 0 Å². The number of fused-ring (bicyclic) bond motifs is 5. The molecular formula is C21H34O3. The summed E-state index contributed by atoms with van der Waals surface area (Å²) >= 11 is 0. The molecule has 0 aromatic heterocycles. The summed E-state index contributed by atoms with van der Waals surface area (Å²) in [5.74, 6) is 2.22. The van der Waals surface area contributed by atoms with E-state index in [1.54, 1.807) is 6.08 Å². The lowest BCUT2D eigenvalue weighted by molar-refractivity contribution is -0.166. The van der Waals surface area contributed by atoms with Gasteiger partial charge in [-0.05, 0) is 86.9 Å². The molecular weight excluding hydrogens is 300 g/mol. The predicted octanol–water partition coefficient (Wildman–Crippen LogP) is 3.28. The van der Waals surface area contributed by atoms with Crippen molar-refractivity contribution in [2.24, 2.45) is 34.5 Å². The molecule has 0 bridgehead atoms. The number of hydrogen-bond acceptors (Lipinski definition) is 3. The third kappa shape index (κ3) is 2.01. The molecule has 4 aliphatic rings. The van der Waals surface area contributed by atoms with Gasteiger partial charge in [0.1, 0.15) is 0 Å². The third-order valence-electron chi connectivity index (χ3n) is 9.18. The van der Waals surface area contributed by atoms with Gasteiger partial charge in [-0.15, -0.1) is 6.58 Å². The molecule has 3 unspecified atom stereocenters. The second-order valence-corrected chi connectivity index (χ2v) is 9.59. The van der Waals surface area contributed by atoms with Crippen LogP contribution in [0.25, 0.3) is 0 Å². The summed E-state index contributed by atoms with van der Waals surface area (Å²) in [5.41, 5.74) is -0.736. The topological polar surface area (TPSA) is 60.7 Å². The molecule has 0 saturated heterocycles. The lowest BCUT2D eigenvalue weighted by atomic mass is 9.44. The third-order valence-corrected chi connectivity index (χ3v) is 9.18. The van der Waals surface area contributed by atoms with Crippen LogP contribution >= 0.6 is 0 Å². The maximum absolute atomic E-state index is 11.1. The first-order valence-electron chi connectivity index (χ1n) is 10.0. The molecule has 24 heavy (non-hydrogen) atoms. The zero-order valence-electron chi connectivity index (χ0n) is 15.1. The minimum absolute atomic E-state index is 0.0262. The van der Waals surface area contributed by atoms with E-state index in [1.165, 1.54) is 6.42 Å². The van der Waals surface area contributed by atoms with E-state index >= 15 is 0 Å². The van der Waals surface area contributed by atoms with Gasteiger partial charge in [0.2, 0.25) is 0 Å². The van der Waals surface area contributed by atoms with Gasteiger partial charge in [-0.1, -0.05) is 13.0 Å². The van der Waals surface area contributed by atoms with E-state index in [9.17, 15) is 15.3 Å². The second kappa shape index (κ2) is 5.56. The van der Waals surface area contributed by atoms with Gasteiger partial charge < -0.3 is 15.3 Å². The maximum Gasteiger partial charge on any atom is 0.0881 e. The van der Waals surface area contributed by atoms with Gasteiger partial charge in [-0.25, -0.2) is 0 Å². The Morgan fingerprint density at radius 2 is 1.79 bits per heavy atom. The first-order chi connectivity index (χ1) is 11.4. The van der Waals surface area contributed by atoms with Crippen molar-refractivity contribution < 1.29 is 15.3 Å². The predicted molar refractivity (Wildman–Crippen MR) is 94.3 cm³/mol. The number of rotatable bonds is 2. The van der Waals surface area contributed by atoms with Crippen molar-refractivity contribution in [3.05, 3.63) is 12.7 Å². The molecule has 3 heteroatoms. The second-order valence-electron chi connectivity index (χ2n) is 9.59. The van der Waals surface area contributed by atoms with Crippen molar-refractivity contribution in [1.29, 1.82) is 0 Å². The minimum atomic E-state index is -0.714. The molecule has 0 aromatic carbocycles. The lowest BCUT2D eigenvalue weighted by Gasteiger charge is -2.62. The standard InChI is InChI=1S/C21H34O3/c1-3-21(24)11-8-17-16-5-4-14-12-15(23)6-10-20(14,13-22)18(16)7-9-19(17,21)2/h3,14-18,22-24H,1,4-13H2,2H3/t14?,15?,16-,17-,18+,19-,20+,21?/m0/s1. The molecule has 3 nitrogen and oxygen atoms in total. The zero-order valence-corrected chi connectivity index (χ0v) is 15.1. The molecule has 4 rings (SSSR count). The monoisotopic (exact) mass is 334 g/mol. The van der Waals surface area contributed by atoms with Gasteiger partial charge in [0.25, 0.3) is 0 Å². The molecule has 0 amide bonds. The highest BCUT2D eigenvalue weighted by Gasteiger charge is 2.64. The normalized spacial score (nSPS) is 56.9. The number of aliphatic hydroxyl groups is 3. The fourth-order valence-electron chi connectivity index (χ4n) is 7.72. The van der Waals surface area contributed by atoms with Gasteiger partial charge in [0, 0.05) is 12.0 Å². The highest BCUT2D eigenvalue weighted by atomic mass is 16.3. The Kier molecular flexibility index (Phi) is 3.95. The molecule has 8 atom stereocenters. The molecule has 3 N–H and O–H groups in total. The van der Waals surface area contributed by atoms with Crippen LogP contribution < -0.4 is 0 Å². The van der Waals surface area contributed by atoms with Crippen LogP contribution in [0.1, 0.15) is 64.7 Å². The Bertz CT molecular complexity index is 519. The van der Waals surface area contributed by atoms with Gasteiger partial charge in [0.15, 0.2) is 0 Å². The molecule has 0 radical (unpaired) electrons. The SMILES string of the molecule is C=CC1(O)CC[C@H]2[C@@H]3CCC4CC(O)CC[C@]4(CO)[C@@H]3CC[C@@]21C. The highest BCUT2D eigenvalue weighted by Crippen LogP contribution is 2.68. The van der Waals surface area contributed by atoms with E-state index in [0.717, 1.165) is 51.4 Å². The van der Waals surface area contributed by atoms with E-state index in [4.69, 9.17) is 0 Å². The fourth-order valence-corrected chi connectivity index (χ4v) is 7.72. The smallest absolute Gasteiger partial charge is 0.0881 e. The number of hydrogen-bond donors (Lipinski definition) is 3. The van der Waals surface area contributed by atoms with Gasteiger partial charge >= 0.3 is 0 Å². The molecule has 136 valence electrons.